The van der Waals surface area contributed by atoms with Gasteiger partial charge >= 0.3 is 5.97 Å². The van der Waals surface area contributed by atoms with Crippen molar-refractivity contribution in [2.45, 2.75) is 44.6 Å². The highest BCUT2D eigenvalue weighted by molar-refractivity contribution is 6.30. The molecule has 0 radical (unpaired) electrons. The third kappa shape index (κ3) is 7.18. The minimum atomic E-state index is -1.32. The zero-order valence-electron chi connectivity index (χ0n) is 23.5. The minimum Gasteiger partial charge on any atom is -0.506 e. The fourth-order valence-electron chi connectivity index (χ4n) is 4.55. The van der Waals surface area contributed by atoms with Gasteiger partial charge in [-0.1, -0.05) is 26.5 Å². The molecule has 0 saturated heterocycles. The van der Waals surface area contributed by atoms with Gasteiger partial charge in [-0.25, -0.2) is 9.78 Å². The van der Waals surface area contributed by atoms with Crippen molar-refractivity contribution in [1.29, 1.82) is 0 Å². The average Bonchev–Trinajstić information content (AvgIpc) is 3.22. The van der Waals surface area contributed by atoms with Crippen LogP contribution in [-0.4, -0.2) is 65.3 Å². The van der Waals surface area contributed by atoms with E-state index in [2.05, 4.69) is 35.9 Å². The third-order valence-electron chi connectivity index (χ3n) is 6.79. The second-order valence-corrected chi connectivity index (χ2v) is 10.2. The second-order valence-electron chi connectivity index (χ2n) is 10.2. The van der Waals surface area contributed by atoms with Crippen molar-refractivity contribution in [2.75, 3.05) is 26.4 Å². The van der Waals surface area contributed by atoms with Gasteiger partial charge in [0.25, 0.3) is 0 Å². The maximum atomic E-state index is 13.3. The van der Waals surface area contributed by atoms with Crippen LogP contribution in [0, 0.1) is 0 Å². The standard InChI is InChI=1S/C31H34N2O9/c1-4-41-33-42-12-6-5-11-39-16-22(34)17-40-31(38)20-7-9-23-24(14-20)30(37)27(29(23)36)28-26(35)15-21-13-19(18(2)3)8-10-25(21)32-28/h4,7-10,13-15,18,22,27,33-35H,1,5-6,11-12,16-17H2,2-3H3. The van der Waals surface area contributed by atoms with Crippen LogP contribution in [0.1, 0.15) is 80.9 Å². The van der Waals surface area contributed by atoms with Gasteiger partial charge in [0.15, 0.2) is 11.6 Å². The van der Waals surface area contributed by atoms with E-state index >= 15 is 0 Å². The molecule has 3 aromatic rings. The van der Waals surface area contributed by atoms with Gasteiger partial charge in [-0.3, -0.25) is 14.4 Å². The number of unbranched alkanes of at least 4 members (excludes halogenated alkanes) is 1. The third-order valence-corrected chi connectivity index (χ3v) is 6.79. The Bertz CT molecular complexity index is 1470. The Morgan fingerprint density at radius 3 is 2.57 bits per heavy atom. The Labute approximate surface area is 243 Å². The normalized spacial score (nSPS) is 15.2. The van der Waals surface area contributed by atoms with Crippen molar-refractivity contribution in [1.82, 2.24) is 10.6 Å². The number of aromatic nitrogens is 1. The van der Waals surface area contributed by atoms with Crippen LogP contribution in [0.3, 0.4) is 0 Å². The molecule has 1 aromatic heterocycles. The number of hydrogen-bond donors (Lipinski definition) is 3. The molecular weight excluding hydrogens is 544 g/mol. The summed E-state index contributed by atoms with van der Waals surface area (Å²) in [4.78, 5) is 53.2. The summed E-state index contributed by atoms with van der Waals surface area (Å²) in [6, 6.07) is 11.2. The first-order valence-corrected chi connectivity index (χ1v) is 13.6. The number of carbonyl (C=O) groups is 3. The molecule has 222 valence electrons. The molecule has 4 rings (SSSR count). The van der Waals surface area contributed by atoms with Crippen molar-refractivity contribution in [2.24, 2.45) is 0 Å². The zero-order valence-corrected chi connectivity index (χ0v) is 23.5. The maximum absolute atomic E-state index is 13.3. The molecule has 11 nitrogen and oxygen atoms in total. The number of Topliss-reactive ketones (excluding diaryl/α,β-unsaturated/α-hetero) is 2. The Hall–Kier alpha value is -4.16. The van der Waals surface area contributed by atoms with Gasteiger partial charge in [-0.05, 0) is 66.4 Å². The number of ether oxygens (including phenoxy) is 2. The molecule has 11 heteroatoms. The first kappa shape index (κ1) is 30.8. The highest BCUT2D eigenvalue weighted by Gasteiger charge is 2.42. The first-order valence-electron chi connectivity index (χ1n) is 13.6. The van der Waals surface area contributed by atoms with Crippen LogP contribution in [0.15, 0.2) is 55.3 Å². The molecule has 2 atom stereocenters. The molecule has 2 unspecified atom stereocenters. The number of aromatic hydroxyl groups is 1. The minimum absolute atomic E-state index is 0.0239. The van der Waals surface area contributed by atoms with Crippen LogP contribution in [0.25, 0.3) is 10.9 Å². The summed E-state index contributed by atoms with van der Waals surface area (Å²) in [7, 11) is 0. The van der Waals surface area contributed by atoms with E-state index in [0.717, 1.165) is 5.56 Å². The Morgan fingerprint density at radius 2 is 1.81 bits per heavy atom. The summed E-state index contributed by atoms with van der Waals surface area (Å²) in [6.45, 7) is 7.88. The molecule has 1 aliphatic carbocycles. The summed E-state index contributed by atoms with van der Waals surface area (Å²) >= 11 is 0. The van der Waals surface area contributed by atoms with Gasteiger partial charge in [-0.2, -0.15) is 0 Å². The van der Waals surface area contributed by atoms with E-state index < -0.39 is 29.6 Å². The zero-order chi connectivity index (χ0) is 30.2. The molecule has 3 N–H and O–H groups in total. The van der Waals surface area contributed by atoms with E-state index in [-0.39, 0.29) is 47.3 Å². The molecule has 0 bridgehead atoms. The molecule has 1 aliphatic rings. The lowest BCUT2D eigenvalue weighted by Crippen LogP contribution is -2.24. The number of aliphatic hydroxyl groups is 1. The number of esters is 1. The lowest BCUT2D eigenvalue weighted by molar-refractivity contribution is -0.134. The number of fused-ring (bicyclic) bond motifs is 2. The summed E-state index contributed by atoms with van der Waals surface area (Å²) in [5.41, 5.74) is 4.07. The SMILES string of the molecule is C=CONOCCCCOCC(O)COC(=O)c1ccc2c(c1)C(=O)C(c1nc3ccc(C(C)C)cc3cc1O)C2=O. The van der Waals surface area contributed by atoms with Gasteiger partial charge in [-0.15, -0.1) is 0 Å². The van der Waals surface area contributed by atoms with Crippen molar-refractivity contribution in [3.63, 3.8) is 0 Å². The number of aliphatic hydroxyl groups excluding tert-OH is 1. The van der Waals surface area contributed by atoms with E-state index in [4.69, 9.17) is 14.3 Å². The predicted molar refractivity (Wildman–Crippen MR) is 152 cm³/mol. The van der Waals surface area contributed by atoms with Crippen molar-refractivity contribution in [3.05, 3.63) is 83.3 Å². The number of benzene rings is 2. The molecule has 1 heterocycles. The van der Waals surface area contributed by atoms with Crippen LogP contribution < -0.4 is 5.64 Å². The largest absolute Gasteiger partial charge is 0.506 e. The molecule has 0 spiro atoms. The van der Waals surface area contributed by atoms with Crippen LogP contribution in [-0.2, 0) is 19.1 Å². The van der Waals surface area contributed by atoms with Gasteiger partial charge in [0.2, 0.25) is 0 Å². The fraction of sp³-hybridized carbons (Fsp3) is 0.355. The van der Waals surface area contributed by atoms with Crippen molar-refractivity contribution >= 4 is 28.4 Å². The van der Waals surface area contributed by atoms with E-state index in [9.17, 15) is 24.6 Å². The predicted octanol–water partition coefficient (Wildman–Crippen LogP) is 4.14. The number of nitrogens with zero attached hydrogens (tertiary/aromatic N) is 1. The van der Waals surface area contributed by atoms with E-state index in [0.29, 0.717) is 37.0 Å². The van der Waals surface area contributed by atoms with Crippen molar-refractivity contribution < 1.29 is 43.7 Å². The molecule has 0 fully saturated rings. The highest BCUT2D eigenvalue weighted by Crippen LogP contribution is 2.38. The smallest absolute Gasteiger partial charge is 0.338 e. The van der Waals surface area contributed by atoms with E-state index in [1.54, 1.807) is 6.07 Å². The molecular formula is C31H34N2O9. The topological polar surface area (TPSA) is 154 Å². The summed E-state index contributed by atoms with van der Waals surface area (Å²) in [5.74, 6) is -3.11. The highest BCUT2D eigenvalue weighted by atomic mass is 16.9. The van der Waals surface area contributed by atoms with Crippen LogP contribution in [0.5, 0.6) is 5.75 Å². The van der Waals surface area contributed by atoms with E-state index in [1.807, 2.05) is 12.1 Å². The van der Waals surface area contributed by atoms with Crippen LogP contribution >= 0.6 is 0 Å². The Morgan fingerprint density at radius 1 is 1.05 bits per heavy atom. The number of ketones is 2. The van der Waals surface area contributed by atoms with E-state index in [1.165, 1.54) is 30.5 Å². The van der Waals surface area contributed by atoms with Gasteiger partial charge in [0, 0.05) is 23.1 Å². The average molecular weight is 579 g/mol. The molecule has 42 heavy (non-hydrogen) atoms. The van der Waals surface area contributed by atoms with Gasteiger partial charge < -0.3 is 24.5 Å². The number of hydrogen-bond acceptors (Lipinski definition) is 11. The van der Waals surface area contributed by atoms with Gasteiger partial charge in [0.1, 0.15) is 36.3 Å². The Kier molecular flexibility index (Phi) is 10.4. The molecule has 0 saturated carbocycles. The van der Waals surface area contributed by atoms with Gasteiger partial charge in [0.05, 0.1) is 24.3 Å². The number of rotatable bonds is 15. The fourth-order valence-corrected chi connectivity index (χ4v) is 4.55. The monoisotopic (exact) mass is 578 g/mol. The van der Waals surface area contributed by atoms with Crippen LogP contribution in [0.4, 0.5) is 0 Å². The number of carbonyl (C=O) groups excluding carboxylic acids is 3. The quantitative estimate of drug-likeness (QED) is 0.0784. The lowest BCUT2D eigenvalue weighted by atomic mass is 9.96. The number of nitrogens with one attached hydrogen (secondary N) is 1. The lowest BCUT2D eigenvalue weighted by Gasteiger charge is -2.12. The molecule has 2 aromatic carbocycles. The van der Waals surface area contributed by atoms with Crippen LogP contribution in [0.2, 0.25) is 0 Å². The molecule has 0 amide bonds. The first-order chi connectivity index (χ1) is 20.2. The maximum Gasteiger partial charge on any atom is 0.338 e. The Balaban J connectivity index is 1.33. The molecule has 0 aliphatic heterocycles. The summed E-state index contributed by atoms with van der Waals surface area (Å²) < 4.78 is 10.6. The van der Waals surface area contributed by atoms with Crippen molar-refractivity contribution in [3.8, 4) is 5.75 Å². The summed E-state index contributed by atoms with van der Waals surface area (Å²) in [5, 5.41) is 21.5. The second kappa shape index (κ2) is 14.1. The number of pyridine rings is 1. The summed E-state index contributed by atoms with van der Waals surface area (Å²) in [6.07, 6.45) is 1.51.